The maximum Gasteiger partial charge on any atom is 0.268 e. The maximum absolute atomic E-state index is 8.41. The fraction of sp³-hybridized carbons (Fsp3) is 0.714. The fourth-order valence-corrected chi connectivity index (χ4v) is 1.48. The number of guanidine groups is 1. The van der Waals surface area contributed by atoms with E-state index in [0.29, 0.717) is 11.1 Å². The third kappa shape index (κ3) is 3.30. The van der Waals surface area contributed by atoms with Gasteiger partial charge in [-0.1, -0.05) is 11.8 Å². The van der Waals surface area contributed by atoms with Gasteiger partial charge in [-0.05, 0) is 30.7 Å². The number of aliphatic imine (C=N–C) groups is 2. The van der Waals surface area contributed by atoms with Gasteiger partial charge in [0.1, 0.15) is 0 Å². The van der Waals surface area contributed by atoms with E-state index >= 15 is 0 Å². The summed E-state index contributed by atoms with van der Waals surface area (Å²) < 4.78 is 0. The Kier molecular flexibility index (Phi) is 3.99. The molecule has 1 atom stereocenters. The van der Waals surface area contributed by atoms with Gasteiger partial charge in [0.05, 0.1) is 0 Å². The van der Waals surface area contributed by atoms with Gasteiger partial charge >= 0.3 is 0 Å². The quantitative estimate of drug-likeness (QED) is 0.371. The van der Waals surface area contributed by atoms with Gasteiger partial charge in [-0.2, -0.15) is 0 Å². The average molecular weight is 242 g/mol. The van der Waals surface area contributed by atoms with Gasteiger partial charge in [0.15, 0.2) is 5.17 Å². The number of thioether (sulfide) groups is 1. The summed E-state index contributed by atoms with van der Waals surface area (Å²) >= 11 is 1.36. The van der Waals surface area contributed by atoms with Gasteiger partial charge in [-0.3, -0.25) is 10.7 Å². The minimum absolute atomic E-state index is 0.0894. The minimum Gasteiger partial charge on any atom is -0.315 e. The van der Waals surface area contributed by atoms with E-state index in [0.717, 1.165) is 0 Å². The number of azide groups is 1. The van der Waals surface area contributed by atoms with E-state index in [1.54, 1.807) is 0 Å². The second-order valence-corrected chi connectivity index (χ2v) is 4.15. The standard InChI is InChI=1S/C7H14N8S/c1-4(2)10-5-11-6(16-3)13-7(8,12-5)14-15-9/h4H,8H2,1-3H3,(H2,10,11,12,13). The molecule has 1 aliphatic rings. The maximum atomic E-state index is 8.41. The number of hydrogen-bond donors (Lipinski definition) is 3. The van der Waals surface area contributed by atoms with Crippen molar-refractivity contribution in [3.63, 3.8) is 0 Å². The topological polar surface area (TPSA) is 124 Å². The monoisotopic (exact) mass is 242 g/mol. The van der Waals surface area contributed by atoms with E-state index in [4.69, 9.17) is 11.3 Å². The lowest BCUT2D eigenvalue weighted by molar-refractivity contribution is 0.416. The molecule has 0 aromatic heterocycles. The molecule has 1 rings (SSSR count). The van der Waals surface area contributed by atoms with Crippen LogP contribution < -0.4 is 16.4 Å². The molecule has 0 aromatic carbocycles. The molecule has 0 fully saturated rings. The molecule has 0 saturated heterocycles. The molecule has 4 N–H and O–H groups in total. The van der Waals surface area contributed by atoms with Gasteiger partial charge in [-0.15, -0.1) is 0 Å². The van der Waals surface area contributed by atoms with Crippen molar-refractivity contribution >= 4 is 22.9 Å². The summed E-state index contributed by atoms with van der Waals surface area (Å²) in [7, 11) is 0. The molecule has 0 amide bonds. The molecule has 16 heavy (non-hydrogen) atoms. The fourth-order valence-electron chi connectivity index (χ4n) is 1.05. The summed E-state index contributed by atoms with van der Waals surface area (Å²) in [5, 5.41) is 9.60. The van der Waals surface area contributed by atoms with Crippen molar-refractivity contribution in [1.82, 2.24) is 10.6 Å². The molecule has 0 aliphatic carbocycles. The van der Waals surface area contributed by atoms with Crippen LogP contribution in [0, 0.1) is 0 Å². The molecule has 0 spiro atoms. The van der Waals surface area contributed by atoms with Gasteiger partial charge in [-0.25, -0.2) is 4.99 Å². The lowest BCUT2D eigenvalue weighted by atomic mass is 10.4. The van der Waals surface area contributed by atoms with E-state index in [2.05, 4.69) is 30.6 Å². The highest BCUT2D eigenvalue weighted by molar-refractivity contribution is 8.13. The second kappa shape index (κ2) is 5.06. The average Bonchev–Trinajstić information content (AvgIpc) is 2.15. The van der Waals surface area contributed by atoms with Crippen molar-refractivity contribution in [3.05, 3.63) is 10.4 Å². The third-order valence-corrected chi connectivity index (χ3v) is 2.16. The molecule has 8 nitrogen and oxygen atoms in total. The molecule has 1 unspecified atom stereocenters. The van der Waals surface area contributed by atoms with Gasteiger partial charge in [0.25, 0.3) is 5.91 Å². The summed E-state index contributed by atoms with van der Waals surface area (Å²) in [6, 6.07) is 0.0894. The minimum atomic E-state index is -1.51. The summed E-state index contributed by atoms with van der Waals surface area (Å²) in [6.45, 7) is 3.85. The van der Waals surface area contributed by atoms with Crippen molar-refractivity contribution < 1.29 is 0 Å². The molecule has 0 radical (unpaired) electrons. The van der Waals surface area contributed by atoms with E-state index in [9.17, 15) is 0 Å². The van der Waals surface area contributed by atoms with Crippen LogP contribution in [0.2, 0.25) is 0 Å². The third-order valence-electron chi connectivity index (χ3n) is 1.58. The summed E-state index contributed by atoms with van der Waals surface area (Å²) in [6.07, 6.45) is 1.83. The first kappa shape index (κ1) is 12.6. The van der Waals surface area contributed by atoms with Gasteiger partial charge in [0.2, 0.25) is 5.96 Å². The number of nitrogens with zero attached hydrogens (tertiary/aromatic N) is 5. The lowest BCUT2D eigenvalue weighted by Gasteiger charge is -2.29. The zero-order valence-electron chi connectivity index (χ0n) is 9.30. The zero-order chi connectivity index (χ0) is 12.2. The Balaban J connectivity index is 3.02. The van der Waals surface area contributed by atoms with Crippen LogP contribution in [0.5, 0.6) is 0 Å². The number of amidine groups is 1. The van der Waals surface area contributed by atoms with Crippen LogP contribution in [0.3, 0.4) is 0 Å². The van der Waals surface area contributed by atoms with Crippen LogP contribution in [-0.4, -0.2) is 29.3 Å². The van der Waals surface area contributed by atoms with Crippen LogP contribution in [0.4, 0.5) is 0 Å². The Labute approximate surface area is 97.4 Å². The molecule has 0 saturated carbocycles. The van der Waals surface area contributed by atoms with E-state index in [-0.39, 0.29) is 6.04 Å². The molecular weight excluding hydrogens is 228 g/mol. The smallest absolute Gasteiger partial charge is 0.268 e. The Morgan fingerprint density at radius 2 is 2.31 bits per heavy atom. The number of nitrogens with two attached hydrogens (primary N) is 1. The molecule has 1 heterocycles. The van der Waals surface area contributed by atoms with Crippen molar-refractivity contribution in [2.75, 3.05) is 6.26 Å². The predicted octanol–water partition coefficient (Wildman–Crippen LogP) is 0.543. The van der Waals surface area contributed by atoms with Crippen LogP contribution in [0.25, 0.3) is 10.4 Å². The molecule has 0 aromatic rings. The highest BCUT2D eigenvalue weighted by Crippen LogP contribution is 2.10. The van der Waals surface area contributed by atoms with Gasteiger partial charge in [0, 0.05) is 11.0 Å². The molecular formula is C7H14N8S. The summed E-state index contributed by atoms with van der Waals surface area (Å²) in [5.41, 5.74) is 14.2. The largest absolute Gasteiger partial charge is 0.315 e. The first-order valence-corrected chi connectivity index (χ1v) is 5.83. The highest BCUT2D eigenvalue weighted by Gasteiger charge is 2.29. The van der Waals surface area contributed by atoms with Crippen molar-refractivity contribution in [3.8, 4) is 0 Å². The normalized spacial score (nSPS) is 26.8. The van der Waals surface area contributed by atoms with Crippen LogP contribution in [0.1, 0.15) is 13.8 Å². The summed E-state index contributed by atoms with van der Waals surface area (Å²) in [5.74, 6) is -1.06. The van der Waals surface area contributed by atoms with Crippen LogP contribution in [0.15, 0.2) is 15.1 Å². The molecule has 88 valence electrons. The van der Waals surface area contributed by atoms with Crippen LogP contribution >= 0.6 is 11.8 Å². The van der Waals surface area contributed by atoms with Gasteiger partial charge < -0.3 is 10.6 Å². The first-order chi connectivity index (χ1) is 7.49. The molecule has 0 bridgehead atoms. The van der Waals surface area contributed by atoms with E-state index in [1.165, 1.54) is 11.8 Å². The van der Waals surface area contributed by atoms with Crippen molar-refractivity contribution in [2.24, 2.45) is 20.8 Å². The lowest BCUT2D eigenvalue weighted by Crippen LogP contribution is -2.61. The first-order valence-electron chi connectivity index (χ1n) is 4.61. The number of hydrogen-bond acceptors (Lipinski definition) is 5. The Hall–Kier alpha value is -1.44. The second-order valence-electron chi connectivity index (χ2n) is 3.36. The highest BCUT2D eigenvalue weighted by atomic mass is 32.2. The van der Waals surface area contributed by atoms with Crippen molar-refractivity contribution in [1.29, 1.82) is 0 Å². The Morgan fingerprint density at radius 3 is 2.81 bits per heavy atom. The Morgan fingerprint density at radius 1 is 1.62 bits per heavy atom. The number of rotatable bonds is 2. The predicted molar refractivity (Wildman–Crippen MR) is 65.9 cm³/mol. The van der Waals surface area contributed by atoms with Crippen LogP contribution in [-0.2, 0) is 0 Å². The SMILES string of the molecule is CSC1=NC(N)(N=[N+]=[N-])NC(=NC(C)C)N1. The molecule has 1 aliphatic heterocycles. The van der Waals surface area contributed by atoms with Crippen molar-refractivity contribution in [2.45, 2.75) is 25.8 Å². The summed E-state index contributed by atoms with van der Waals surface area (Å²) in [4.78, 5) is 10.9. The molecule has 9 heteroatoms. The number of nitrogens with one attached hydrogen (secondary N) is 2. The van der Waals surface area contributed by atoms with E-state index < -0.39 is 5.91 Å². The van der Waals surface area contributed by atoms with E-state index in [1.807, 2.05) is 20.1 Å². The Bertz CT molecular complexity index is 369. The zero-order valence-corrected chi connectivity index (χ0v) is 10.1.